The van der Waals surface area contributed by atoms with E-state index in [9.17, 15) is 9.90 Å². The van der Waals surface area contributed by atoms with Crippen LogP contribution in [0, 0.1) is 34.5 Å². The van der Waals surface area contributed by atoms with Crippen molar-refractivity contribution in [2.24, 2.45) is 34.5 Å². The van der Waals surface area contributed by atoms with Gasteiger partial charge in [-0.25, -0.2) is 0 Å². The highest BCUT2D eigenvalue weighted by Gasteiger charge is 2.63. The summed E-state index contributed by atoms with van der Waals surface area (Å²) in [5.41, 5.74) is 2.10. The van der Waals surface area contributed by atoms with Crippen molar-refractivity contribution >= 4 is 29.7 Å². The van der Waals surface area contributed by atoms with Crippen molar-refractivity contribution in [1.29, 1.82) is 0 Å². The largest absolute Gasteiger partial charge is 0.401 e. The molecule has 0 spiro atoms. The zero-order valence-corrected chi connectivity index (χ0v) is 27.0. The Hall–Kier alpha value is -2.79. The number of ketones is 1. The molecule has 43 heavy (non-hydrogen) atoms. The molecule has 0 amide bonds. The van der Waals surface area contributed by atoms with E-state index in [1.807, 2.05) is 6.92 Å². The third-order valence-electron chi connectivity index (χ3n) is 12.6. The first-order valence-electron chi connectivity index (χ1n) is 16.5. The standard InChI is InChI=1S/C39H46O3Si/c1-27-25-34-28(2)35(41)22-24-39(34,26-40)33-21-23-38(3)32(37(27)33)19-20-36(38)42-43(29-13-7-4-8-14-29,30-15-9-5-10-16-30)31-17-11-6-12-18-31/h4-18,27,32-33,36-37,40H,19-26H2,1-3H3/t27-,32+,33+,36+,37+,38+,39+/m1/s1. The molecule has 0 unspecified atom stereocenters. The third kappa shape index (κ3) is 4.31. The first-order valence-corrected chi connectivity index (χ1v) is 18.4. The van der Waals surface area contributed by atoms with Gasteiger partial charge in [-0.3, -0.25) is 4.79 Å². The third-order valence-corrected chi connectivity index (χ3v) is 16.6. The van der Waals surface area contributed by atoms with Gasteiger partial charge in [0.05, 0.1) is 12.7 Å². The predicted molar refractivity (Wildman–Crippen MR) is 176 cm³/mol. The van der Waals surface area contributed by atoms with Crippen LogP contribution in [0.15, 0.2) is 102 Å². The Bertz CT molecular complexity index is 1400. The number of rotatable bonds is 6. The molecule has 7 rings (SSSR count). The van der Waals surface area contributed by atoms with Crippen molar-refractivity contribution in [3.05, 3.63) is 102 Å². The van der Waals surface area contributed by atoms with Gasteiger partial charge in [0.25, 0.3) is 8.32 Å². The SMILES string of the molecule is CC1=C2C[C@@H](C)[C@@H]3[C@H](CC[C@]4(C)[C@@H](O[Si](c5ccccc5)(c5ccccc5)c5ccccc5)CC[C@@H]34)[C@@]2(CO)CCC1=O. The molecule has 4 aliphatic rings. The van der Waals surface area contributed by atoms with Crippen molar-refractivity contribution in [3.8, 4) is 0 Å². The number of hydrogen-bond donors (Lipinski definition) is 1. The van der Waals surface area contributed by atoms with Gasteiger partial charge in [-0.2, -0.15) is 0 Å². The number of carbonyl (C=O) groups excluding carboxylic acids is 1. The van der Waals surface area contributed by atoms with Crippen LogP contribution < -0.4 is 15.6 Å². The van der Waals surface area contributed by atoms with Crippen LogP contribution in [0.3, 0.4) is 0 Å². The molecule has 0 aliphatic heterocycles. The molecule has 0 radical (unpaired) electrons. The van der Waals surface area contributed by atoms with E-state index in [0.717, 1.165) is 37.7 Å². The van der Waals surface area contributed by atoms with Gasteiger partial charge < -0.3 is 9.53 Å². The summed E-state index contributed by atoms with van der Waals surface area (Å²) in [4.78, 5) is 12.8. The van der Waals surface area contributed by atoms with Crippen LogP contribution in [0.4, 0.5) is 0 Å². The van der Waals surface area contributed by atoms with Crippen LogP contribution in [0.2, 0.25) is 0 Å². The first-order chi connectivity index (χ1) is 20.8. The van der Waals surface area contributed by atoms with Crippen molar-refractivity contribution in [2.45, 2.75) is 71.8 Å². The average Bonchev–Trinajstić information content (AvgIpc) is 3.38. The van der Waals surface area contributed by atoms with Crippen LogP contribution in [-0.2, 0) is 9.22 Å². The molecule has 3 fully saturated rings. The number of aliphatic hydroxyl groups is 1. The fourth-order valence-corrected chi connectivity index (χ4v) is 14.7. The molecule has 4 heteroatoms. The summed E-state index contributed by atoms with van der Waals surface area (Å²) in [5, 5.41) is 14.9. The normalized spacial score (nSPS) is 34.0. The van der Waals surface area contributed by atoms with E-state index in [-0.39, 0.29) is 23.5 Å². The lowest BCUT2D eigenvalue weighted by Gasteiger charge is -2.61. The Labute approximate surface area is 258 Å². The maximum Gasteiger partial charge on any atom is 0.288 e. The van der Waals surface area contributed by atoms with E-state index in [4.69, 9.17) is 4.43 Å². The molecule has 0 heterocycles. The molecular weight excluding hydrogens is 545 g/mol. The molecule has 3 nitrogen and oxygen atoms in total. The van der Waals surface area contributed by atoms with E-state index in [1.165, 1.54) is 27.6 Å². The second-order valence-corrected chi connectivity index (χ2v) is 17.7. The highest BCUT2D eigenvalue weighted by Crippen LogP contribution is 2.67. The lowest BCUT2D eigenvalue weighted by molar-refractivity contribution is -0.124. The highest BCUT2D eigenvalue weighted by atomic mass is 28.4. The number of fused-ring (bicyclic) bond motifs is 5. The maximum atomic E-state index is 12.8. The minimum Gasteiger partial charge on any atom is -0.401 e. The number of aliphatic hydroxyl groups excluding tert-OH is 1. The lowest BCUT2D eigenvalue weighted by atomic mass is 9.44. The monoisotopic (exact) mass is 590 g/mol. The zero-order valence-electron chi connectivity index (χ0n) is 26.0. The molecule has 3 aromatic rings. The Morgan fingerprint density at radius 3 is 1.91 bits per heavy atom. The van der Waals surface area contributed by atoms with E-state index < -0.39 is 8.32 Å². The first kappa shape index (κ1) is 28.9. The van der Waals surface area contributed by atoms with Gasteiger partial charge in [-0.1, -0.05) is 110 Å². The Morgan fingerprint density at radius 2 is 1.37 bits per heavy atom. The van der Waals surface area contributed by atoms with E-state index in [2.05, 4.69) is 105 Å². The van der Waals surface area contributed by atoms with Gasteiger partial charge in [0.1, 0.15) is 0 Å². The number of benzene rings is 3. The van der Waals surface area contributed by atoms with Gasteiger partial charge in [-0.15, -0.1) is 0 Å². The zero-order chi connectivity index (χ0) is 29.8. The van der Waals surface area contributed by atoms with Crippen molar-refractivity contribution in [1.82, 2.24) is 0 Å². The average molecular weight is 591 g/mol. The number of Topliss-reactive ketones (excluding diaryl/α,β-unsaturated/α-hetero) is 1. The van der Waals surface area contributed by atoms with Crippen molar-refractivity contribution in [3.63, 3.8) is 0 Å². The van der Waals surface area contributed by atoms with Crippen LogP contribution in [-0.4, -0.2) is 31.9 Å². The minimum atomic E-state index is -2.82. The summed E-state index contributed by atoms with van der Waals surface area (Å²) in [6.45, 7) is 7.16. The highest BCUT2D eigenvalue weighted by molar-refractivity contribution is 7.07. The number of hydrogen-bond acceptors (Lipinski definition) is 3. The second kappa shape index (κ2) is 11.0. The summed E-state index contributed by atoms with van der Waals surface area (Å²) >= 11 is 0. The summed E-state index contributed by atoms with van der Waals surface area (Å²) in [6.07, 6.45) is 6.98. The Morgan fingerprint density at radius 1 is 0.814 bits per heavy atom. The van der Waals surface area contributed by atoms with Crippen molar-refractivity contribution < 1.29 is 14.3 Å². The van der Waals surface area contributed by atoms with Gasteiger partial charge in [0.15, 0.2) is 5.78 Å². The maximum absolute atomic E-state index is 12.8. The molecule has 3 saturated carbocycles. The van der Waals surface area contributed by atoms with Crippen LogP contribution in [0.25, 0.3) is 0 Å². The van der Waals surface area contributed by atoms with Gasteiger partial charge >= 0.3 is 0 Å². The van der Waals surface area contributed by atoms with Crippen LogP contribution in [0.5, 0.6) is 0 Å². The molecule has 1 N–H and O–H groups in total. The molecule has 4 aliphatic carbocycles. The Kier molecular flexibility index (Phi) is 7.39. The molecule has 3 aromatic carbocycles. The summed E-state index contributed by atoms with van der Waals surface area (Å²) in [5.74, 6) is 2.34. The van der Waals surface area contributed by atoms with Crippen molar-refractivity contribution in [2.75, 3.05) is 6.61 Å². The van der Waals surface area contributed by atoms with Crippen LogP contribution in [0.1, 0.15) is 65.7 Å². The molecule has 0 bridgehead atoms. The fraction of sp³-hybridized carbons (Fsp3) is 0.462. The summed E-state index contributed by atoms with van der Waals surface area (Å²) in [7, 11) is -2.82. The molecule has 224 valence electrons. The fourth-order valence-electron chi connectivity index (χ4n) is 10.4. The predicted octanol–water partition coefficient (Wildman–Crippen LogP) is 6.18. The Balaban J connectivity index is 1.30. The number of carbonyl (C=O) groups is 1. The summed E-state index contributed by atoms with van der Waals surface area (Å²) in [6, 6.07) is 33.0. The van der Waals surface area contributed by atoms with Gasteiger partial charge in [0, 0.05) is 11.8 Å². The van der Waals surface area contributed by atoms with Gasteiger partial charge in [-0.05, 0) is 95.7 Å². The molecule has 7 atom stereocenters. The van der Waals surface area contributed by atoms with Gasteiger partial charge in [0.2, 0.25) is 0 Å². The smallest absolute Gasteiger partial charge is 0.288 e. The molecule has 0 aromatic heterocycles. The summed E-state index contributed by atoms with van der Waals surface area (Å²) < 4.78 is 7.87. The lowest BCUT2D eigenvalue weighted by Crippen LogP contribution is -2.71. The van der Waals surface area contributed by atoms with E-state index in [0.29, 0.717) is 35.9 Å². The second-order valence-electron chi connectivity index (χ2n) is 14.3. The van der Waals surface area contributed by atoms with E-state index >= 15 is 0 Å². The topological polar surface area (TPSA) is 46.5 Å². The molecular formula is C39H46O3Si. The van der Waals surface area contributed by atoms with E-state index in [1.54, 1.807) is 0 Å². The molecule has 0 saturated heterocycles. The quantitative estimate of drug-likeness (QED) is 0.276. The van der Waals surface area contributed by atoms with Crippen LogP contribution >= 0.6 is 0 Å². The minimum absolute atomic E-state index is 0.0728.